The summed E-state index contributed by atoms with van der Waals surface area (Å²) in [7, 11) is 0. The highest BCUT2D eigenvalue weighted by molar-refractivity contribution is 9.10. The van der Waals surface area contributed by atoms with Crippen LogP contribution >= 0.6 is 15.9 Å². The molecule has 1 aromatic heterocycles. The van der Waals surface area contributed by atoms with Crippen LogP contribution in [0.4, 0.5) is 13.2 Å². The molecule has 0 aliphatic carbocycles. The first-order valence-corrected chi connectivity index (χ1v) is 6.49. The lowest BCUT2D eigenvalue weighted by molar-refractivity contribution is 0.448. The molecule has 0 radical (unpaired) electrons. The Balaban J connectivity index is 2.55. The monoisotopic (exact) mass is 330 g/mol. The minimum atomic E-state index is -1.50. The van der Waals surface area contributed by atoms with Crippen molar-refractivity contribution >= 4 is 15.9 Å². The van der Waals surface area contributed by atoms with Crippen LogP contribution in [0.25, 0.3) is 11.3 Å². The Kier molecular flexibility index (Phi) is 4.19. The van der Waals surface area contributed by atoms with E-state index in [1.54, 1.807) is 0 Å². The molecule has 2 nitrogen and oxygen atoms in total. The zero-order valence-corrected chi connectivity index (χ0v) is 11.6. The van der Waals surface area contributed by atoms with Crippen molar-refractivity contribution in [3.63, 3.8) is 0 Å². The van der Waals surface area contributed by atoms with Gasteiger partial charge in [-0.15, -0.1) is 0 Å². The molecule has 0 aliphatic rings. The molecule has 6 heteroatoms. The van der Waals surface area contributed by atoms with Crippen LogP contribution < -0.4 is 0 Å². The molecule has 0 bridgehead atoms. The van der Waals surface area contributed by atoms with Crippen LogP contribution in [0, 0.1) is 17.5 Å². The number of nitrogens with zero attached hydrogens (tertiary/aromatic N) is 2. The smallest absolute Gasteiger partial charge is 0.195 e. The van der Waals surface area contributed by atoms with Crippen LogP contribution in [-0.2, 0) is 6.42 Å². The molecule has 19 heavy (non-hydrogen) atoms. The third-order valence-electron chi connectivity index (χ3n) is 2.53. The normalized spacial score (nSPS) is 10.8. The Hall–Kier alpha value is -1.43. The molecule has 0 amide bonds. The Morgan fingerprint density at radius 1 is 1.11 bits per heavy atom. The van der Waals surface area contributed by atoms with E-state index < -0.39 is 17.5 Å². The molecule has 0 unspecified atom stereocenters. The van der Waals surface area contributed by atoms with E-state index in [0.717, 1.165) is 18.6 Å². The average Bonchev–Trinajstić information content (AvgIpc) is 2.36. The van der Waals surface area contributed by atoms with Gasteiger partial charge in [-0.05, 0) is 40.5 Å². The topological polar surface area (TPSA) is 25.8 Å². The summed E-state index contributed by atoms with van der Waals surface area (Å²) in [5.41, 5.74) is 0.140. The fourth-order valence-electron chi connectivity index (χ4n) is 1.66. The Labute approximate surface area is 116 Å². The Morgan fingerprint density at radius 3 is 2.53 bits per heavy atom. The van der Waals surface area contributed by atoms with Gasteiger partial charge in [-0.1, -0.05) is 6.92 Å². The van der Waals surface area contributed by atoms with Gasteiger partial charge in [0.25, 0.3) is 0 Å². The highest BCUT2D eigenvalue weighted by Crippen LogP contribution is 2.26. The summed E-state index contributed by atoms with van der Waals surface area (Å²) < 4.78 is 40.3. The number of hydrogen-bond acceptors (Lipinski definition) is 2. The first-order valence-electron chi connectivity index (χ1n) is 5.70. The van der Waals surface area contributed by atoms with Crippen molar-refractivity contribution in [2.75, 3.05) is 0 Å². The lowest BCUT2D eigenvalue weighted by Gasteiger charge is -2.07. The molecule has 0 N–H and O–H groups in total. The van der Waals surface area contributed by atoms with Gasteiger partial charge in [0.1, 0.15) is 10.4 Å². The summed E-state index contributed by atoms with van der Waals surface area (Å²) in [6.07, 6.45) is 1.45. The van der Waals surface area contributed by atoms with E-state index in [2.05, 4.69) is 25.9 Å². The average molecular weight is 331 g/mol. The van der Waals surface area contributed by atoms with Gasteiger partial charge in [-0.2, -0.15) is 0 Å². The van der Waals surface area contributed by atoms with Crippen molar-refractivity contribution in [1.29, 1.82) is 0 Å². The Morgan fingerprint density at radius 2 is 1.84 bits per heavy atom. The third-order valence-corrected chi connectivity index (χ3v) is 2.93. The molecule has 0 aliphatic heterocycles. The maximum Gasteiger partial charge on any atom is 0.195 e. The molecule has 2 rings (SSSR count). The number of aryl methyl sites for hydroxylation is 1. The molecule has 0 fully saturated rings. The van der Waals surface area contributed by atoms with Crippen molar-refractivity contribution in [1.82, 2.24) is 9.97 Å². The number of aromatic nitrogens is 2. The first-order chi connectivity index (χ1) is 9.02. The molecule has 0 saturated heterocycles. The summed E-state index contributed by atoms with van der Waals surface area (Å²) in [5, 5.41) is 0. The van der Waals surface area contributed by atoms with Gasteiger partial charge < -0.3 is 0 Å². The van der Waals surface area contributed by atoms with E-state index in [0.29, 0.717) is 16.8 Å². The van der Waals surface area contributed by atoms with E-state index >= 15 is 0 Å². The largest absolute Gasteiger partial charge is 0.233 e. The quantitative estimate of drug-likeness (QED) is 0.620. The van der Waals surface area contributed by atoms with E-state index in [-0.39, 0.29) is 11.3 Å². The predicted octanol–water partition coefficient (Wildman–Crippen LogP) is 4.28. The van der Waals surface area contributed by atoms with Crippen LogP contribution in [0.3, 0.4) is 0 Å². The number of rotatable bonds is 3. The number of halogens is 4. The molecule has 1 aromatic carbocycles. The minimum Gasteiger partial charge on any atom is -0.233 e. The summed E-state index contributed by atoms with van der Waals surface area (Å²) >= 11 is 3.20. The second kappa shape index (κ2) is 5.69. The van der Waals surface area contributed by atoms with Crippen LogP contribution in [-0.4, -0.2) is 9.97 Å². The van der Waals surface area contributed by atoms with Gasteiger partial charge in [-0.25, -0.2) is 23.1 Å². The molecule has 0 atom stereocenters. The SMILES string of the molecule is CCCc1nc(Br)cc(-c2ccc(F)c(F)c2F)n1. The van der Waals surface area contributed by atoms with E-state index in [4.69, 9.17) is 0 Å². The summed E-state index contributed by atoms with van der Waals surface area (Å²) in [6, 6.07) is 3.51. The maximum absolute atomic E-state index is 13.7. The van der Waals surface area contributed by atoms with Crippen molar-refractivity contribution in [2.45, 2.75) is 19.8 Å². The van der Waals surface area contributed by atoms with E-state index in [1.807, 2.05) is 6.92 Å². The van der Waals surface area contributed by atoms with Gasteiger partial charge >= 0.3 is 0 Å². The molecular formula is C13H10BrF3N2. The van der Waals surface area contributed by atoms with Gasteiger partial charge in [0.15, 0.2) is 17.5 Å². The van der Waals surface area contributed by atoms with Crippen LogP contribution in [0.1, 0.15) is 19.2 Å². The van der Waals surface area contributed by atoms with Crippen molar-refractivity contribution in [3.05, 3.63) is 46.1 Å². The number of hydrogen-bond donors (Lipinski definition) is 0. The van der Waals surface area contributed by atoms with Crippen molar-refractivity contribution < 1.29 is 13.2 Å². The standard InChI is InChI=1S/C13H10BrF3N2/c1-2-3-11-18-9(6-10(14)19-11)7-4-5-8(15)13(17)12(7)16/h4-6H,2-3H2,1H3. The molecule has 0 saturated carbocycles. The van der Waals surface area contributed by atoms with Gasteiger partial charge in [-0.3, -0.25) is 0 Å². The second-order valence-corrected chi connectivity index (χ2v) is 4.78. The first kappa shape index (κ1) is 14.0. The Bertz CT molecular complexity index is 617. The third kappa shape index (κ3) is 2.94. The molecular weight excluding hydrogens is 321 g/mol. The summed E-state index contributed by atoms with van der Waals surface area (Å²) in [4.78, 5) is 8.29. The van der Waals surface area contributed by atoms with E-state index in [1.165, 1.54) is 6.07 Å². The van der Waals surface area contributed by atoms with Crippen LogP contribution in [0.5, 0.6) is 0 Å². The fourth-order valence-corrected chi connectivity index (χ4v) is 2.08. The highest BCUT2D eigenvalue weighted by atomic mass is 79.9. The lowest BCUT2D eigenvalue weighted by Crippen LogP contribution is -2.00. The van der Waals surface area contributed by atoms with Crippen LogP contribution in [0.2, 0.25) is 0 Å². The van der Waals surface area contributed by atoms with Gasteiger partial charge in [0.2, 0.25) is 0 Å². The van der Waals surface area contributed by atoms with Crippen LogP contribution in [0.15, 0.2) is 22.8 Å². The maximum atomic E-state index is 13.7. The van der Waals surface area contributed by atoms with Crippen molar-refractivity contribution in [3.8, 4) is 11.3 Å². The lowest BCUT2D eigenvalue weighted by atomic mass is 10.1. The second-order valence-electron chi connectivity index (χ2n) is 3.97. The van der Waals surface area contributed by atoms with E-state index in [9.17, 15) is 13.2 Å². The van der Waals surface area contributed by atoms with Gasteiger partial charge in [0, 0.05) is 12.0 Å². The minimum absolute atomic E-state index is 0.0839. The summed E-state index contributed by atoms with van der Waals surface area (Å²) in [5.74, 6) is -3.43. The zero-order valence-electron chi connectivity index (χ0n) is 10.1. The van der Waals surface area contributed by atoms with Gasteiger partial charge in [0.05, 0.1) is 5.69 Å². The molecule has 100 valence electrons. The highest BCUT2D eigenvalue weighted by Gasteiger charge is 2.16. The predicted molar refractivity (Wildman–Crippen MR) is 69.0 cm³/mol. The van der Waals surface area contributed by atoms with Crippen molar-refractivity contribution in [2.24, 2.45) is 0 Å². The zero-order chi connectivity index (χ0) is 14.0. The molecule has 0 spiro atoms. The molecule has 1 heterocycles. The fraction of sp³-hybridized carbons (Fsp3) is 0.231. The molecule has 2 aromatic rings. The summed E-state index contributed by atoms with van der Waals surface area (Å²) in [6.45, 7) is 1.96. The number of benzene rings is 1.